The van der Waals surface area contributed by atoms with E-state index in [1.807, 2.05) is 18.2 Å². The molecule has 0 radical (unpaired) electrons. The number of rotatable bonds is 6. The van der Waals surface area contributed by atoms with Crippen molar-refractivity contribution in [3.63, 3.8) is 0 Å². The Bertz CT molecular complexity index is 396. The van der Waals surface area contributed by atoms with Gasteiger partial charge in [0.1, 0.15) is 5.78 Å². The lowest BCUT2D eigenvalue weighted by molar-refractivity contribution is -0.133. The first-order valence-electron chi connectivity index (χ1n) is 7.12. The SMILES string of the molecule is NCC1(C(=O)CCCc2ccccc2)CCOCC1. The lowest BCUT2D eigenvalue weighted by Crippen LogP contribution is -2.43. The molecule has 2 N–H and O–H groups in total. The highest BCUT2D eigenvalue weighted by Gasteiger charge is 2.37. The molecular formula is C16H23NO2. The molecule has 19 heavy (non-hydrogen) atoms. The molecule has 3 nitrogen and oxygen atoms in total. The standard InChI is InChI=1S/C16H23NO2/c17-13-16(9-11-19-12-10-16)15(18)8-4-7-14-5-2-1-3-6-14/h1-3,5-6H,4,7-13,17H2. The maximum atomic E-state index is 12.4. The summed E-state index contributed by atoms with van der Waals surface area (Å²) in [5.74, 6) is 0.328. The summed E-state index contributed by atoms with van der Waals surface area (Å²) in [7, 11) is 0. The Morgan fingerprint density at radius 3 is 2.53 bits per heavy atom. The fraction of sp³-hybridized carbons (Fsp3) is 0.562. The second-order valence-electron chi connectivity index (χ2n) is 5.36. The van der Waals surface area contributed by atoms with Gasteiger partial charge in [0.2, 0.25) is 0 Å². The molecular weight excluding hydrogens is 238 g/mol. The lowest BCUT2D eigenvalue weighted by Gasteiger charge is -2.34. The van der Waals surface area contributed by atoms with Gasteiger partial charge in [0.25, 0.3) is 0 Å². The van der Waals surface area contributed by atoms with Gasteiger partial charge in [-0.3, -0.25) is 4.79 Å². The van der Waals surface area contributed by atoms with Crippen molar-refractivity contribution in [2.24, 2.45) is 11.1 Å². The molecule has 1 aromatic rings. The molecule has 1 aliphatic rings. The quantitative estimate of drug-likeness (QED) is 0.855. The van der Waals surface area contributed by atoms with Crippen LogP contribution >= 0.6 is 0 Å². The third kappa shape index (κ3) is 3.64. The fourth-order valence-electron chi connectivity index (χ4n) is 2.72. The van der Waals surface area contributed by atoms with Crippen LogP contribution < -0.4 is 5.73 Å². The zero-order valence-electron chi connectivity index (χ0n) is 11.4. The molecule has 0 bridgehead atoms. The number of carbonyl (C=O) groups is 1. The minimum Gasteiger partial charge on any atom is -0.381 e. The van der Waals surface area contributed by atoms with E-state index in [1.165, 1.54) is 5.56 Å². The van der Waals surface area contributed by atoms with Crippen molar-refractivity contribution in [2.75, 3.05) is 19.8 Å². The van der Waals surface area contributed by atoms with Gasteiger partial charge >= 0.3 is 0 Å². The molecule has 1 aliphatic heterocycles. The predicted molar refractivity (Wildman–Crippen MR) is 75.9 cm³/mol. The molecule has 1 heterocycles. The van der Waals surface area contributed by atoms with Gasteiger partial charge in [0, 0.05) is 31.6 Å². The zero-order valence-corrected chi connectivity index (χ0v) is 11.4. The van der Waals surface area contributed by atoms with E-state index in [0.29, 0.717) is 32.0 Å². The van der Waals surface area contributed by atoms with Gasteiger partial charge in [-0.1, -0.05) is 30.3 Å². The van der Waals surface area contributed by atoms with Crippen LogP contribution in [0.1, 0.15) is 31.2 Å². The highest BCUT2D eigenvalue weighted by Crippen LogP contribution is 2.32. The number of ether oxygens (including phenoxy) is 1. The average Bonchev–Trinajstić information content (AvgIpc) is 2.49. The van der Waals surface area contributed by atoms with Crippen molar-refractivity contribution in [1.82, 2.24) is 0 Å². The summed E-state index contributed by atoms with van der Waals surface area (Å²) in [4.78, 5) is 12.4. The van der Waals surface area contributed by atoms with Gasteiger partial charge in [-0.05, 0) is 31.2 Å². The molecule has 1 fully saturated rings. The van der Waals surface area contributed by atoms with E-state index in [2.05, 4.69) is 12.1 Å². The molecule has 0 spiro atoms. The topological polar surface area (TPSA) is 52.3 Å². The van der Waals surface area contributed by atoms with E-state index in [4.69, 9.17) is 10.5 Å². The number of nitrogens with two attached hydrogens (primary N) is 1. The van der Waals surface area contributed by atoms with Crippen molar-refractivity contribution >= 4 is 5.78 Å². The van der Waals surface area contributed by atoms with E-state index < -0.39 is 0 Å². The molecule has 1 aromatic carbocycles. The molecule has 1 saturated heterocycles. The second kappa shape index (κ2) is 6.83. The highest BCUT2D eigenvalue weighted by atomic mass is 16.5. The third-order valence-corrected chi connectivity index (χ3v) is 4.14. The largest absolute Gasteiger partial charge is 0.381 e. The molecule has 0 unspecified atom stereocenters. The molecule has 0 atom stereocenters. The number of Topliss-reactive ketones (excluding diaryl/α,β-unsaturated/α-hetero) is 1. The summed E-state index contributed by atoms with van der Waals surface area (Å²) < 4.78 is 5.34. The van der Waals surface area contributed by atoms with Gasteiger partial charge in [0.15, 0.2) is 0 Å². The van der Waals surface area contributed by atoms with E-state index in [9.17, 15) is 4.79 Å². The van der Waals surface area contributed by atoms with Crippen LogP contribution in [0.4, 0.5) is 0 Å². The van der Waals surface area contributed by atoms with Crippen molar-refractivity contribution < 1.29 is 9.53 Å². The summed E-state index contributed by atoms with van der Waals surface area (Å²) in [5.41, 5.74) is 6.83. The summed E-state index contributed by atoms with van der Waals surface area (Å²) >= 11 is 0. The molecule has 0 aromatic heterocycles. The molecule has 0 aliphatic carbocycles. The van der Waals surface area contributed by atoms with Crippen LogP contribution in [0, 0.1) is 5.41 Å². The smallest absolute Gasteiger partial charge is 0.140 e. The summed E-state index contributed by atoms with van der Waals surface area (Å²) in [6.07, 6.45) is 4.07. The summed E-state index contributed by atoms with van der Waals surface area (Å²) in [5, 5.41) is 0. The highest BCUT2D eigenvalue weighted by molar-refractivity contribution is 5.85. The number of ketones is 1. The molecule has 104 valence electrons. The normalized spacial score (nSPS) is 18.2. The number of carbonyl (C=O) groups excluding carboxylic acids is 1. The zero-order chi connectivity index (χ0) is 13.6. The Kier molecular flexibility index (Phi) is 5.11. The third-order valence-electron chi connectivity index (χ3n) is 4.14. The minimum absolute atomic E-state index is 0.311. The van der Waals surface area contributed by atoms with E-state index >= 15 is 0 Å². The van der Waals surface area contributed by atoms with E-state index in [-0.39, 0.29) is 5.41 Å². The van der Waals surface area contributed by atoms with Gasteiger partial charge in [-0.2, -0.15) is 0 Å². The molecule has 0 amide bonds. The van der Waals surface area contributed by atoms with Gasteiger partial charge in [-0.25, -0.2) is 0 Å². The predicted octanol–water partition coefficient (Wildman–Crippen LogP) is 2.33. The molecule has 0 saturated carbocycles. The lowest BCUT2D eigenvalue weighted by atomic mass is 9.75. The minimum atomic E-state index is -0.311. The first kappa shape index (κ1) is 14.2. The molecule has 2 rings (SSSR count). The van der Waals surface area contributed by atoms with Crippen molar-refractivity contribution in [1.29, 1.82) is 0 Å². The Labute approximate surface area is 115 Å². The number of aryl methyl sites for hydroxylation is 1. The molecule has 3 heteroatoms. The van der Waals surface area contributed by atoms with Crippen LogP contribution in [0.3, 0.4) is 0 Å². The number of hydrogen-bond donors (Lipinski definition) is 1. The first-order valence-corrected chi connectivity index (χ1v) is 7.12. The Balaban J connectivity index is 1.83. The maximum Gasteiger partial charge on any atom is 0.140 e. The van der Waals surface area contributed by atoms with E-state index in [0.717, 1.165) is 25.7 Å². The van der Waals surface area contributed by atoms with Crippen LogP contribution in [0.5, 0.6) is 0 Å². The first-order chi connectivity index (χ1) is 9.27. The van der Waals surface area contributed by atoms with Crippen LogP contribution in [-0.4, -0.2) is 25.5 Å². The monoisotopic (exact) mass is 261 g/mol. The van der Waals surface area contributed by atoms with Gasteiger partial charge in [0.05, 0.1) is 0 Å². The van der Waals surface area contributed by atoms with Crippen LogP contribution in [-0.2, 0) is 16.0 Å². The van der Waals surface area contributed by atoms with Gasteiger partial charge in [-0.15, -0.1) is 0 Å². The Morgan fingerprint density at radius 2 is 1.89 bits per heavy atom. The van der Waals surface area contributed by atoms with Crippen LogP contribution in [0.25, 0.3) is 0 Å². The maximum absolute atomic E-state index is 12.4. The number of benzene rings is 1. The Morgan fingerprint density at radius 1 is 1.21 bits per heavy atom. The van der Waals surface area contributed by atoms with Crippen molar-refractivity contribution in [3.8, 4) is 0 Å². The Hall–Kier alpha value is -1.19. The van der Waals surface area contributed by atoms with Crippen LogP contribution in [0.15, 0.2) is 30.3 Å². The average molecular weight is 261 g/mol. The second-order valence-corrected chi connectivity index (χ2v) is 5.36. The van der Waals surface area contributed by atoms with Crippen molar-refractivity contribution in [3.05, 3.63) is 35.9 Å². The van der Waals surface area contributed by atoms with Gasteiger partial charge < -0.3 is 10.5 Å². The van der Waals surface area contributed by atoms with E-state index in [1.54, 1.807) is 0 Å². The fourth-order valence-corrected chi connectivity index (χ4v) is 2.72. The summed E-state index contributed by atoms with van der Waals surface area (Å²) in [6, 6.07) is 10.3. The van der Waals surface area contributed by atoms with Crippen molar-refractivity contribution in [2.45, 2.75) is 32.1 Å². The number of hydrogen-bond acceptors (Lipinski definition) is 3. The summed E-state index contributed by atoms with van der Waals surface area (Å²) in [6.45, 7) is 1.80. The van der Waals surface area contributed by atoms with Crippen LogP contribution in [0.2, 0.25) is 0 Å².